The zero-order valence-corrected chi connectivity index (χ0v) is 8.38. The number of carbonyl (C=O) groups is 1. The van der Waals surface area contributed by atoms with Gasteiger partial charge in [-0.05, 0) is 6.07 Å². The zero-order valence-electron chi connectivity index (χ0n) is 8.38. The molecule has 1 fully saturated rings. The van der Waals surface area contributed by atoms with Gasteiger partial charge in [-0.25, -0.2) is 0 Å². The van der Waals surface area contributed by atoms with Gasteiger partial charge in [0.05, 0.1) is 24.2 Å². The lowest BCUT2D eigenvalue weighted by atomic mass is 10.1. The van der Waals surface area contributed by atoms with E-state index in [4.69, 9.17) is 4.74 Å². The molecule has 1 aliphatic heterocycles. The number of para-hydroxylation sites is 1. The molecule has 2 rings (SSSR count). The maximum atomic E-state index is 11.7. The van der Waals surface area contributed by atoms with Gasteiger partial charge in [0.25, 0.3) is 11.6 Å². The number of hydrogen-bond acceptors (Lipinski definition) is 4. The second-order valence-corrected chi connectivity index (χ2v) is 3.48. The first-order valence-corrected chi connectivity index (χ1v) is 4.80. The fourth-order valence-electron chi connectivity index (χ4n) is 1.41. The normalized spacial score (nSPS) is 15.2. The number of hydrogen-bond donors (Lipinski definition) is 1. The number of benzene rings is 1. The van der Waals surface area contributed by atoms with Gasteiger partial charge in [-0.3, -0.25) is 14.9 Å². The molecule has 0 spiro atoms. The van der Waals surface area contributed by atoms with E-state index in [1.165, 1.54) is 18.2 Å². The number of nitrogens with zero attached hydrogens (tertiary/aromatic N) is 1. The average molecular weight is 222 g/mol. The number of nitro benzene ring substituents is 1. The van der Waals surface area contributed by atoms with Crippen LogP contribution in [0.25, 0.3) is 0 Å². The van der Waals surface area contributed by atoms with Gasteiger partial charge in [0.15, 0.2) is 0 Å². The van der Waals surface area contributed by atoms with Crippen molar-refractivity contribution >= 4 is 11.6 Å². The average Bonchev–Trinajstić information content (AvgIpc) is 2.23. The van der Waals surface area contributed by atoms with Crippen LogP contribution in [0.3, 0.4) is 0 Å². The smallest absolute Gasteiger partial charge is 0.282 e. The van der Waals surface area contributed by atoms with Crippen LogP contribution in [0, 0.1) is 10.1 Å². The third-order valence-electron chi connectivity index (χ3n) is 2.32. The van der Waals surface area contributed by atoms with Crippen molar-refractivity contribution in [1.82, 2.24) is 5.32 Å². The maximum Gasteiger partial charge on any atom is 0.282 e. The fourth-order valence-corrected chi connectivity index (χ4v) is 1.41. The summed E-state index contributed by atoms with van der Waals surface area (Å²) in [5, 5.41) is 13.4. The van der Waals surface area contributed by atoms with Crippen molar-refractivity contribution in [3.63, 3.8) is 0 Å². The summed E-state index contributed by atoms with van der Waals surface area (Å²) in [6.45, 7) is 0.929. The summed E-state index contributed by atoms with van der Waals surface area (Å²) in [5.41, 5.74) is -0.0976. The molecule has 0 radical (unpaired) electrons. The van der Waals surface area contributed by atoms with Gasteiger partial charge in [0, 0.05) is 6.07 Å². The quantitative estimate of drug-likeness (QED) is 0.603. The van der Waals surface area contributed by atoms with Crippen molar-refractivity contribution in [3.05, 3.63) is 39.9 Å². The molecule has 0 aromatic heterocycles. The molecule has 1 heterocycles. The van der Waals surface area contributed by atoms with Crippen molar-refractivity contribution in [2.24, 2.45) is 0 Å². The lowest BCUT2D eigenvalue weighted by Gasteiger charge is -2.26. The van der Waals surface area contributed by atoms with Crippen molar-refractivity contribution in [2.45, 2.75) is 6.04 Å². The van der Waals surface area contributed by atoms with Gasteiger partial charge in [-0.15, -0.1) is 0 Å². The molecule has 1 aromatic rings. The van der Waals surface area contributed by atoms with Crippen LogP contribution < -0.4 is 5.32 Å². The molecule has 6 heteroatoms. The monoisotopic (exact) mass is 222 g/mol. The number of amides is 1. The number of rotatable bonds is 3. The van der Waals surface area contributed by atoms with Crippen LogP contribution >= 0.6 is 0 Å². The largest absolute Gasteiger partial charge is 0.377 e. The zero-order chi connectivity index (χ0) is 11.5. The number of nitro groups is 1. The van der Waals surface area contributed by atoms with Crippen LogP contribution in [0.2, 0.25) is 0 Å². The molecule has 1 amide bonds. The van der Waals surface area contributed by atoms with Crippen LogP contribution in [-0.2, 0) is 4.74 Å². The second kappa shape index (κ2) is 4.28. The Morgan fingerprint density at radius 1 is 1.44 bits per heavy atom. The summed E-state index contributed by atoms with van der Waals surface area (Å²) in [6.07, 6.45) is 0. The standard InChI is InChI=1S/C10H10N2O4/c13-10(11-7-5-16-6-7)8-3-1-2-4-9(8)12(14)15/h1-4,7H,5-6H2,(H,11,13). The summed E-state index contributed by atoms with van der Waals surface area (Å²) in [4.78, 5) is 21.8. The Kier molecular flexibility index (Phi) is 2.82. The molecule has 0 bridgehead atoms. The highest BCUT2D eigenvalue weighted by Gasteiger charge is 2.25. The molecule has 1 aliphatic rings. The Bertz CT molecular complexity index is 429. The SMILES string of the molecule is O=C(NC1COC1)c1ccccc1[N+](=O)[O-]. The van der Waals surface area contributed by atoms with Gasteiger partial charge in [0.1, 0.15) is 5.56 Å². The molecule has 16 heavy (non-hydrogen) atoms. The molecule has 6 nitrogen and oxygen atoms in total. The van der Waals surface area contributed by atoms with Gasteiger partial charge < -0.3 is 10.1 Å². The summed E-state index contributed by atoms with van der Waals surface area (Å²) in [6, 6.07) is 5.84. The Morgan fingerprint density at radius 3 is 2.69 bits per heavy atom. The predicted octanol–water partition coefficient (Wildman–Crippen LogP) is 0.723. The molecular weight excluding hydrogens is 212 g/mol. The first-order chi connectivity index (χ1) is 7.68. The summed E-state index contributed by atoms with van der Waals surface area (Å²) < 4.78 is 4.90. The van der Waals surface area contributed by atoms with E-state index >= 15 is 0 Å². The van der Waals surface area contributed by atoms with E-state index in [1.54, 1.807) is 6.07 Å². The van der Waals surface area contributed by atoms with Crippen LogP contribution in [0.4, 0.5) is 5.69 Å². The molecule has 84 valence electrons. The van der Waals surface area contributed by atoms with Crippen molar-refractivity contribution < 1.29 is 14.5 Å². The minimum atomic E-state index is -0.563. The van der Waals surface area contributed by atoms with Crippen LogP contribution in [0.15, 0.2) is 24.3 Å². The maximum absolute atomic E-state index is 11.7. The van der Waals surface area contributed by atoms with Gasteiger partial charge in [-0.1, -0.05) is 12.1 Å². The van der Waals surface area contributed by atoms with Crippen LogP contribution in [0.5, 0.6) is 0 Å². The fraction of sp³-hybridized carbons (Fsp3) is 0.300. The number of carbonyl (C=O) groups excluding carboxylic acids is 1. The van der Waals surface area contributed by atoms with Crippen LogP contribution in [0.1, 0.15) is 10.4 Å². The topological polar surface area (TPSA) is 81.5 Å². The molecule has 0 atom stereocenters. The van der Waals surface area contributed by atoms with Gasteiger partial charge in [-0.2, -0.15) is 0 Å². The highest BCUT2D eigenvalue weighted by Crippen LogP contribution is 2.17. The van der Waals surface area contributed by atoms with E-state index < -0.39 is 10.8 Å². The molecule has 1 aromatic carbocycles. The Balaban J connectivity index is 2.18. The van der Waals surface area contributed by atoms with Gasteiger partial charge >= 0.3 is 0 Å². The van der Waals surface area contributed by atoms with Gasteiger partial charge in [0.2, 0.25) is 0 Å². The number of ether oxygens (including phenoxy) is 1. The van der Waals surface area contributed by atoms with E-state index in [9.17, 15) is 14.9 Å². The Labute approximate surface area is 91.4 Å². The third-order valence-corrected chi connectivity index (χ3v) is 2.32. The predicted molar refractivity (Wildman–Crippen MR) is 55.2 cm³/mol. The summed E-state index contributed by atoms with van der Waals surface area (Å²) in [7, 11) is 0. The summed E-state index contributed by atoms with van der Waals surface area (Å²) >= 11 is 0. The minimum Gasteiger partial charge on any atom is -0.377 e. The third kappa shape index (κ3) is 2.01. The van der Waals surface area contributed by atoms with E-state index in [0.717, 1.165) is 0 Å². The Hall–Kier alpha value is -1.95. The molecular formula is C10H10N2O4. The second-order valence-electron chi connectivity index (χ2n) is 3.48. The summed E-state index contributed by atoms with van der Waals surface area (Å²) in [5.74, 6) is -0.430. The molecule has 0 aliphatic carbocycles. The first kappa shape index (κ1) is 10.6. The van der Waals surface area contributed by atoms with E-state index in [2.05, 4.69) is 5.32 Å². The highest BCUT2D eigenvalue weighted by atomic mass is 16.6. The lowest BCUT2D eigenvalue weighted by molar-refractivity contribution is -0.385. The number of nitrogens with one attached hydrogen (secondary N) is 1. The molecule has 1 saturated heterocycles. The highest BCUT2D eigenvalue weighted by molar-refractivity contribution is 5.98. The van der Waals surface area contributed by atoms with E-state index in [-0.39, 0.29) is 17.3 Å². The molecule has 0 saturated carbocycles. The lowest BCUT2D eigenvalue weighted by Crippen LogP contribution is -2.48. The first-order valence-electron chi connectivity index (χ1n) is 4.80. The Morgan fingerprint density at radius 2 is 2.12 bits per heavy atom. The van der Waals surface area contributed by atoms with E-state index in [1.807, 2.05) is 0 Å². The van der Waals surface area contributed by atoms with Crippen LogP contribution in [-0.4, -0.2) is 30.1 Å². The molecule has 1 N–H and O–H groups in total. The van der Waals surface area contributed by atoms with Crippen molar-refractivity contribution in [3.8, 4) is 0 Å². The molecule has 0 unspecified atom stereocenters. The van der Waals surface area contributed by atoms with Crippen molar-refractivity contribution in [2.75, 3.05) is 13.2 Å². The van der Waals surface area contributed by atoms with Crippen molar-refractivity contribution in [1.29, 1.82) is 0 Å². The van der Waals surface area contributed by atoms with E-state index in [0.29, 0.717) is 13.2 Å². The minimum absolute atomic E-state index is 0.0349.